The Morgan fingerprint density at radius 2 is 1.45 bits per heavy atom. The van der Waals surface area contributed by atoms with Crippen LogP contribution >= 0.6 is 11.6 Å². The quantitative estimate of drug-likeness (QED) is 0.502. The van der Waals surface area contributed by atoms with Crippen LogP contribution in [0.5, 0.6) is 11.5 Å². The highest BCUT2D eigenvalue weighted by molar-refractivity contribution is 6.17. The Bertz CT molecular complexity index is 540. The van der Waals surface area contributed by atoms with Gasteiger partial charge in [-0.2, -0.15) is 0 Å². The van der Waals surface area contributed by atoms with Crippen LogP contribution in [0.4, 0.5) is 0 Å². The summed E-state index contributed by atoms with van der Waals surface area (Å²) in [5.74, 6) is 2.53. The van der Waals surface area contributed by atoms with Crippen molar-refractivity contribution in [2.24, 2.45) is 0 Å². The third-order valence-electron chi connectivity index (χ3n) is 3.05. The second kappa shape index (κ2) is 8.01. The van der Waals surface area contributed by atoms with Crippen LogP contribution in [0.2, 0.25) is 0 Å². The lowest BCUT2D eigenvalue weighted by Crippen LogP contribution is -1.97. The molecule has 3 heteroatoms. The number of rotatable bonds is 8. The Morgan fingerprint density at radius 1 is 0.850 bits per heavy atom. The molecule has 0 saturated carbocycles. The van der Waals surface area contributed by atoms with E-state index in [-0.39, 0.29) is 0 Å². The zero-order valence-electron chi connectivity index (χ0n) is 11.9. The van der Waals surface area contributed by atoms with Gasteiger partial charge in [0.15, 0.2) is 0 Å². The molecule has 0 aliphatic carbocycles. The van der Waals surface area contributed by atoms with Crippen LogP contribution in [0.25, 0.3) is 10.8 Å². The normalized spacial score (nSPS) is 10.7. The third kappa shape index (κ3) is 4.31. The summed E-state index contributed by atoms with van der Waals surface area (Å²) >= 11 is 5.64. The maximum Gasteiger partial charge on any atom is 0.119 e. The lowest BCUT2D eigenvalue weighted by molar-refractivity contribution is 0.310. The maximum absolute atomic E-state index is 5.72. The molecule has 0 heterocycles. The Balaban J connectivity index is 2.02. The van der Waals surface area contributed by atoms with Gasteiger partial charge >= 0.3 is 0 Å². The molecule has 0 N–H and O–H groups in total. The second-order valence-corrected chi connectivity index (χ2v) is 5.14. The van der Waals surface area contributed by atoms with Crippen LogP contribution in [-0.2, 0) is 0 Å². The molecule has 20 heavy (non-hydrogen) atoms. The Hall–Kier alpha value is -1.41. The smallest absolute Gasteiger partial charge is 0.119 e. The highest BCUT2D eigenvalue weighted by atomic mass is 35.5. The molecule has 0 fully saturated rings. The first-order chi connectivity index (χ1) is 9.83. The summed E-state index contributed by atoms with van der Waals surface area (Å²) < 4.78 is 11.4. The molecule has 2 nitrogen and oxygen atoms in total. The minimum atomic E-state index is 0.696. The summed E-state index contributed by atoms with van der Waals surface area (Å²) in [6, 6.07) is 12.3. The summed E-state index contributed by atoms with van der Waals surface area (Å²) in [5, 5.41) is 2.34. The van der Waals surface area contributed by atoms with Crippen LogP contribution in [0.3, 0.4) is 0 Å². The van der Waals surface area contributed by atoms with Crippen molar-refractivity contribution < 1.29 is 9.47 Å². The molecule has 0 radical (unpaired) electrons. The van der Waals surface area contributed by atoms with E-state index in [4.69, 9.17) is 21.1 Å². The van der Waals surface area contributed by atoms with E-state index in [1.54, 1.807) is 0 Å². The Kier molecular flexibility index (Phi) is 6.00. The number of ether oxygens (including phenoxy) is 2. The van der Waals surface area contributed by atoms with Gasteiger partial charge in [0.2, 0.25) is 0 Å². The monoisotopic (exact) mass is 292 g/mol. The summed E-state index contributed by atoms with van der Waals surface area (Å²) in [5.41, 5.74) is 0. The van der Waals surface area contributed by atoms with Crippen LogP contribution in [-0.4, -0.2) is 19.1 Å². The molecular formula is C17H21ClO2. The number of alkyl halides is 1. The van der Waals surface area contributed by atoms with Gasteiger partial charge in [0, 0.05) is 5.88 Å². The van der Waals surface area contributed by atoms with Gasteiger partial charge in [-0.1, -0.05) is 19.1 Å². The van der Waals surface area contributed by atoms with Gasteiger partial charge in [-0.05, 0) is 54.3 Å². The molecule has 0 spiro atoms. The Morgan fingerprint density at radius 3 is 2.00 bits per heavy atom. The van der Waals surface area contributed by atoms with Crippen molar-refractivity contribution in [3.8, 4) is 11.5 Å². The van der Waals surface area contributed by atoms with Crippen molar-refractivity contribution >= 4 is 22.4 Å². The van der Waals surface area contributed by atoms with E-state index in [2.05, 4.69) is 31.2 Å². The van der Waals surface area contributed by atoms with E-state index in [0.29, 0.717) is 5.88 Å². The van der Waals surface area contributed by atoms with E-state index in [1.807, 2.05) is 12.1 Å². The Labute approximate surface area is 125 Å². The molecular weight excluding hydrogens is 272 g/mol. The number of halogens is 1. The fourth-order valence-electron chi connectivity index (χ4n) is 1.99. The van der Waals surface area contributed by atoms with E-state index >= 15 is 0 Å². The van der Waals surface area contributed by atoms with Crippen molar-refractivity contribution in [2.75, 3.05) is 19.1 Å². The molecule has 2 rings (SSSR count). The molecule has 0 amide bonds. The van der Waals surface area contributed by atoms with Gasteiger partial charge in [0.25, 0.3) is 0 Å². The largest absolute Gasteiger partial charge is 0.494 e. The molecule has 108 valence electrons. The topological polar surface area (TPSA) is 18.5 Å². The van der Waals surface area contributed by atoms with Crippen molar-refractivity contribution in [3.05, 3.63) is 36.4 Å². The summed E-state index contributed by atoms with van der Waals surface area (Å²) in [6.07, 6.45) is 3.01. The predicted octanol–water partition coefficient (Wildman–Crippen LogP) is 5.03. The lowest BCUT2D eigenvalue weighted by Gasteiger charge is -2.09. The zero-order chi connectivity index (χ0) is 14.2. The summed E-state index contributed by atoms with van der Waals surface area (Å²) in [6.45, 7) is 3.58. The molecule has 2 aromatic rings. The van der Waals surface area contributed by atoms with Gasteiger partial charge in [-0.3, -0.25) is 0 Å². The van der Waals surface area contributed by atoms with Crippen LogP contribution in [0, 0.1) is 0 Å². The molecule has 0 aliphatic rings. The van der Waals surface area contributed by atoms with Gasteiger partial charge in [-0.25, -0.2) is 0 Å². The molecule has 0 unspecified atom stereocenters. The highest BCUT2D eigenvalue weighted by Gasteiger charge is 2.00. The fraction of sp³-hybridized carbons (Fsp3) is 0.412. The van der Waals surface area contributed by atoms with Crippen molar-refractivity contribution in [2.45, 2.75) is 26.2 Å². The number of unbranched alkanes of at least 4 members (excludes halogenated alkanes) is 1. The van der Waals surface area contributed by atoms with Gasteiger partial charge in [0.05, 0.1) is 13.2 Å². The van der Waals surface area contributed by atoms with Crippen molar-refractivity contribution in [1.82, 2.24) is 0 Å². The predicted molar refractivity (Wildman–Crippen MR) is 85.2 cm³/mol. The van der Waals surface area contributed by atoms with E-state index in [1.165, 1.54) is 10.8 Å². The summed E-state index contributed by atoms with van der Waals surface area (Å²) in [7, 11) is 0. The van der Waals surface area contributed by atoms with E-state index in [9.17, 15) is 0 Å². The second-order valence-electron chi connectivity index (χ2n) is 4.76. The SMILES string of the molecule is CCCOc1ccc2cc(OCCCCCl)ccc2c1. The van der Waals surface area contributed by atoms with Crippen LogP contribution < -0.4 is 9.47 Å². The lowest BCUT2D eigenvalue weighted by atomic mass is 10.1. The minimum absolute atomic E-state index is 0.696. The fourth-order valence-corrected chi connectivity index (χ4v) is 2.18. The molecule has 2 aromatic carbocycles. The zero-order valence-corrected chi connectivity index (χ0v) is 12.7. The first-order valence-corrected chi connectivity index (χ1v) is 7.72. The molecule has 0 atom stereocenters. The van der Waals surface area contributed by atoms with E-state index in [0.717, 1.165) is 44.0 Å². The van der Waals surface area contributed by atoms with Gasteiger partial charge in [-0.15, -0.1) is 11.6 Å². The molecule has 0 aromatic heterocycles. The first-order valence-electron chi connectivity index (χ1n) is 7.19. The standard InChI is InChI=1S/C17H21ClO2/c1-2-10-19-16-7-5-15-13-17(8-6-14(15)12-16)20-11-4-3-9-18/h5-8,12-13H,2-4,9-11H2,1H3. The van der Waals surface area contributed by atoms with Crippen molar-refractivity contribution in [1.29, 1.82) is 0 Å². The van der Waals surface area contributed by atoms with Crippen molar-refractivity contribution in [3.63, 3.8) is 0 Å². The molecule has 0 bridgehead atoms. The number of hydrogen-bond donors (Lipinski definition) is 0. The summed E-state index contributed by atoms with van der Waals surface area (Å²) in [4.78, 5) is 0. The van der Waals surface area contributed by atoms with E-state index < -0.39 is 0 Å². The van der Waals surface area contributed by atoms with Crippen LogP contribution in [0.1, 0.15) is 26.2 Å². The van der Waals surface area contributed by atoms with Gasteiger partial charge in [0.1, 0.15) is 11.5 Å². The molecule has 0 saturated heterocycles. The average Bonchev–Trinajstić information content (AvgIpc) is 2.49. The number of benzene rings is 2. The highest BCUT2D eigenvalue weighted by Crippen LogP contribution is 2.25. The minimum Gasteiger partial charge on any atom is -0.494 e. The number of fused-ring (bicyclic) bond motifs is 1. The van der Waals surface area contributed by atoms with Crippen LogP contribution in [0.15, 0.2) is 36.4 Å². The maximum atomic E-state index is 5.72. The average molecular weight is 293 g/mol. The third-order valence-corrected chi connectivity index (χ3v) is 3.32. The first kappa shape index (κ1) is 15.0. The van der Waals surface area contributed by atoms with Gasteiger partial charge < -0.3 is 9.47 Å². The number of hydrogen-bond acceptors (Lipinski definition) is 2. The molecule has 0 aliphatic heterocycles.